The van der Waals surface area contributed by atoms with E-state index in [1.165, 1.54) is 12.8 Å². The largest absolute Gasteiger partial charge is 0.444 e. The Balaban J connectivity index is 1.87. The van der Waals surface area contributed by atoms with Crippen LogP contribution in [0, 0.1) is 5.92 Å². The summed E-state index contributed by atoms with van der Waals surface area (Å²) in [5.74, 6) is 0.544. The third kappa shape index (κ3) is 4.83. The van der Waals surface area contributed by atoms with Crippen LogP contribution in [0.4, 0.5) is 4.79 Å². The summed E-state index contributed by atoms with van der Waals surface area (Å²) in [6.45, 7) is 9.88. The van der Waals surface area contributed by atoms with Gasteiger partial charge >= 0.3 is 6.09 Å². The lowest BCUT2D eigenvalue weighted by molar-refractivity contribution is -0.136. The molecule has 2 rings (SSSR count). The molecule has 0 bridgehead atoms. The highest BCUT2D eigenvalue weighted by Crippen LogP contribution is 2.29. The molecular weight excluding hydrogens is 294 g/mol. The second kappa shape index (κ2) is 7.07. The minimum Gasteiger partial charge on any atom is -0.444 e. The molecule has 23 heavy (non-hydrogen) atoms. The molecule has 2 fully saturated rings. The summed E-state index contributed by atoms with van der Waals surface area (Å²) in [4.78, 5) is 28.7. The van der Waals surface area contributed by atoms with E-state index in [0.29, 0.717) is 12.0 Å². The summed E-state index contributed by atoms with van der Waals surface area (Å²) in [6, 6.07) is 0.0460. The van der Waals surface area contributed by atoms with Gasteiger partial charge in [-0.05, 0) is 66.5 Å². The number of nitrogens with zero attached hydrogens (tertiary/aromatic N) is 2. The number of likely N-dealkylation sites (tertiary alicyclic amines) is 2. The third-order valence-electron chi connectivity index (χ3n) is 4.76. The first-order chi connectivity index (χ1) is 10.7. The molecule has 0 radical (unpaired) electrons. The Morgan fingerprint density at radius 2 is 1.91 bits per heavy atom. The lowest BCUT2D eigenvalue weighted by Gasteiger charge is -2.46. The van der Waals surface area contributed by atoms with E-state index in [2.05, 4.69) is 17.3 Å². The Bertz CT molecular complexity index is 447. The number of carbonyl (C=O) groups excluding carboxylic acids is 2. The van der Waals surface area contributed by atoms with Crippen molar-refractivity contribution in [1.29, 1.82) is 0 Å². The van der Waals surface area contributed by atoms with Gasteiger partial charge in [-0.1, -0.05) is 0 Å². The van der Waals surface area contributed by atoms with Crippen LogP contribution in [0.2, 0.25) is 0 Å². The SMILES string of the molecule is C[C@@H](NC(=O)OC(C)(C)C)C(=O)N1CC[C@@H]2[C@@H](CCCN2C)C1. The minimum absolute atomic E-state index is 0.0115. The Morgan fingerprint density at radius 3 is 2.57 bits per heavy atom. The molecule has 0 saturated carbocycles. The van der Waals surface area contributed by atoms with Gasteiger partial charge in [0.25, 0.3) is 0 Å². The first-order valence-electron chi connectivity index (χ1n) is 8.66. The zero-order chi connectivity index (χ0) is 17.2. The van der Waals surface area contributed by atoms with Gasteiger partial charge in [0.15, 0.2) is 0 Å². The minimum atomic E-state index is -0.558. The maximum absolute atomic E-state index is 12.6. The van der Waals surface area contributed by atoms with Crippen LogP contribution in [0.3, 0.4) is 0 Å². The van der Waals surface area contributed by atoms with Gasteiger partial charge in [-0.3, -0.25) is 4.79 Å². The van der Waals surface area contributed by atoms with Crippen molar-refractivity contribution in [1.82, 2.24) is 15.1 Å². The Morgan fingerprint density at radius 1 is 1.22 bits per heavy atom. The molecule has 0 unspecified atom stereocenters. The van der Waals surface area contributed by atoms with Gasteiger partial charge in [-0.2, -0.15) is 0 Å². The quantitative estimate of drug-likeness (QED) is 0.841. The molecule has 0 spiro atoms. The lowest BCUT2D eigenvalue weighted by Crippen LogP contribution is -2.57. The van der Waals surface area contributed by atoms with Crippen LogP contribution in [-0.4, -0.2) is 66.2 Å². The molecule has 6 heteroatoms. The van der Waals surface area contributed by atoms with Crippen LogP contribution in [0.1, 0.15) is 47.0 Å². The van der Waals surface area contributed by atoms with E-state index in [0.717, 1.165) is 26.1 Å². The summed E-state index contributed by atoms with van der Waals surface area (Å²) < 4.78 is 5.22. The fraction of sp³-hybridized carbons (Fsp3) is 0.882. The Labute approximate surface area is 139 Å². The molecule has 0 aromatic rings. The molecule has 2 aliphatic rings. The zero-order valence-electron chi connectivity index (χ0n) is 15.1. The van der Waals surface area contributed by atoms with Crippen LogP contribution in [0.15, 0.2) is 0 Å². The predicted octanol–water partition coefficient (Wildman–Crippen LogP) is 1.84. The van der Waals surface area contributed by atoms with Crippen molar-refractivity contribution in [2.75, 3.05) is 26.7 Å². The van der Waals surface area contributed by atoms with Crippen molar-refractivity contribution in [3.63, 3.8) is 0 Å². The van der Waals surface area contributed by atoms with Crippen molar-refractivity contribution in [3.05, 3.63) is 0 Å². The summed E-state index contributed by atoms with van der Waals surface area (Å²) in [6.07, 6.45) is 2.87. The second-order valence-corrected chi connectivity index (χ2v) is 7.89. The number of ether oxygens (including phenoxy) is 1. The number of carbonyl (C=O) groups is 2. The molecule has 2 aliphatic heterocycles. The maximum atomic E-state index is 12.6. The molecule has 0 aromatic carbocycles. The molecule has 3 atom stereocenters. The van der Waals surface area contributed by atoms with Crippen LogP contribution in [-0.2, 0) is 9.53 Å². The normalized spacial score (nSPS) is 27.1. The number of alkyl carbamates (subject to hydrolysis) is 1. The summed E-state index contributed by atoms with van der Waals surface area (Å²) in [5, 5.41) is 2.65. The number of piperidine rings is 2. The molecule has 132 valence electrons. The molecule has 1 N–H and O–H groups in total. The van der Waals surface area contributed by atoms with E-state index in [-0.39, 0.29) is 5.91 Å². The number of hydrogen-bond donors (Lipinski definition) is 1. The van der Waals surface area contributed by atoms with Gasteiger partial charge in [0.05, 0.1) is 0 Å². The molecule has 2 heterocycles. The van der Waals surface area contributed by atoms with E-state index in [1.807, 2.05) is 25.7 Å². The van der Waals surface area contributed by atoms with Crippen molar-refractivity contribution in [2.24, 2.45) is 5.92 Å². The van der Waals surface area contributed by atoms with E-state index in [1.54, 1.807) is 6.92 Å². The number of fused-ring (bicyclic) bond motifs is 1. The van der Waals surface area contributed by atoms with Gasteiger partial charge in [0, 0.05) is 19.1 Å². The molecular formula is C17H31N3O3. The predicted molar refractivity (Wildman–Crippen MR) is 89.2 cm³/mol. The topological polar surface area (TPSA) is 61.9 Å². The lowest BCUT2D eigenvalue weighted by atomic mass is 9.84. The third-order valence-corrected chi connectivity index (χ3v) is 4.76. The average molecular weight is 325 g/mol. The van der Waals surface area contributed by atoms with Gasteiger partial charge in [0.2, 0.25) is 5.91 Å². The van der Waals surface area contributed by atoms with Crippen molar-refractivity contribution >= 4 is 12.0 Å². The van der Waals surface area contributed by atoms with Crippen LogP contribution in [0.25, 0.3) is 0 Å². The van der Waals surface area contributed by atoms with Gasteiger partial charge in [-0.15, -0.1) is 0 Å². The fourth-order valence-corrected chi connectivity index (χ4v) is 3.67. The fourth-order valence-electron chi connectivity index (χ4n) is 3.67. The van der Waals surface area contributed by atoms with E-state index < -0.39 is 17.7 Å². The Hall–Kier alpha value is -1.30. The summed E-state index contributed by atoms with van der Waals surface area (Å²) in [5.41, 5.74) is -0.558. The van der Waals surface area contributed by atoms with Gasteiger partial charge in [-0.25, -0.2) is 4.79 Å². The van der Waals surface area contributed by atoms with Crippen molar-refractivity contribution in [3.8, 4) is 0 Å². The summed E-state index contributed by atoms with van der Waals surface area (Å²) in [7, 11) is 2.18. The standard InChI is InChI=1S/C17H31N3O3/c1-12(18-16(22)23-17(2,3)4)15(21)20-10-8-14-13(11-20)7-6-9-19(14)5/h12-14H,6-11H2,1-5H3,(H,18,22)/t12-,13+,14-/m1/s1. The van der Waals surface area contributed by atoms with E-state index >= 15 is 0 Å². The van der Waals surface area contributed by atoms with Gasteiger partial charge in [0.1, 0.15) is 11.6 Å². The first kappa shape index (κ1) is 18.0. The smallest absolute Gasteiger partial charge is 0.408 e. The molecule has 2 saturated heterocycles. The maximum Gasteiger partial charge on any atom is 0.408 e. The van der Waals surface area contributed by atoms with E-state index in [9.17, 15) is 9.59 Å². The highest BCUT2D eigenvalue weighted by molar-refractivity contribution is 5.85. The van der Waals surface area contributed by atoms with Crippen LogP contribution in [0.5, 0.6) is 0 Å². The zero-order valence-corrected chi connectivity index (χ0v) is 15.1. The second-order valence-electron chi connectivity index (χ2n) is 7.89. The van der Waals surface area contributed by atoms with Gasteiger partial charge < -0.3 is 19.9 Å². The number of amides is 2. The highest BCUT2D eigenvalue weighted by atomic mass is 16.6. The average Bonchev–Trinajstić information content (AvgIpc) is 2.44. The van der Waals surface area contributed by atoms with E-state index in [4.69, 9.17) is 4.74 Å². The van der Waals surface area contributed by atoms with Crippen molar-refractivity contribution in [2.45, 2.75) is 64.6 Å². The monoisotopic (exact) mass is 325 g/mol. The number of hydrogen-bond acceptors (Lipinski definition) is 4. The number of nitrogens with one attached hydrogen (secondary N) is 1. The molecule has 0 aliphatic carbocycles. The number of rotatable bonds is 2. The highest BCUT2D eigenvalue weighted by Gasteiger charge is 2.37. The first-order valence-corrected chi connectivity index (χ1v) is 8.66. The molecule has 0 aromatic heterocycles. The van der Waals surface area contributed by atoms with Crippen molar-refractivity contribution < 1.29 is 14.3 Å². The van der Waals surface area contributed by atoms with Crippen LogP contribution < -0.4 is 5.32 Å². The molecule has 6 nitrogen and oxygen atoms in total. The van der Waals surface area contributed by atoms with Crippen LogP contribution >= 0.6 is 0 Å². The summed E-state index contributed by atoms with van der Waals surface area (Å²) >= 11 is 0. The Kier molecular flexibility index (Phi) is 5.55. The molecule has 2 amide bonds.